The van der Waals surface area contributed by atoms with Crippen LogP contribution in [0.4, 0.5) is 0 Å². The van der Waals surface area contributed by atoms with Crippen molar-refractivity contribution in [3.63, 3.8) is 0 Å². The second-order valence-electron chi connectivity index (χ2n) is 2.76. The molecule has 1 rings (SSSR count). The minimum absolute atomic E-state index is 0.0933. The molecule has 0 spiro atoms. The highest BCUT2D eigenvalue weighted by atomic mass is 16.5. The molecule has 1 aromatic rings. The molecule has 0 aliphatic heterocycles. The number of methoxy groups -OCH3 is 1. The summed E-state index contributed by atoms with van der Waals surface area (Å²) >= 11 is 0. The van der Waals surface area contributed by atoms with E-state index in [2.05, 4.69) is 21.6 Å². The molecule has 0 fully saturated rings. The Morgan fingerprint density at radius 1 is 1.40 bits per heavy atom. The lowest BCUT2D eigenvalue weighted by Crippen LogP contribution is -1.96. The van der Waals surface area contributed by atoms with E-state index in [9.17, 15) is 9.59 Å². The van der Waals surface area contributed by atoms with Gasteiger partial charge in [-0.05, 0) is 13.0 Å². The smallest absolute Gasteiger partial charge is 0.384 e. The highest BCUT2D eigenvalue weighted by molar-refractivity contribution is 5.94. The van der Waals surface area contributed by atoms with Crippen LogP contribution >= 0.6 is 0 Å². The molecule has 0 aliphatic rings. The normalized spacial score (nSPS) is 8.67. The minimum Gasteiger partial charge on any atom is -0.459 e. The molecule has 0 radical (unpaired) electrons. The zero-order valence-electron chi connectivity index (χ0n) is 8.40. The molecule has 0 N–H and O–H groups in total. The van der Waals surface area contributed by atoms with Crippen molar-refractivity contribution in [3.05, 3.63) is 29.6 Å². The lowest BCUT2D eigenvalue weighted by Gasteiger charge is -1.94. The van der Waals surface area contributed by atoms with E-state index in [0.717, 1.165) is 0 Å². The zero-order valence-corrected chi connectivity index (χ0v) is 8.40. The summed E-state index contributed by atoms with van der Waals surface area (Å²) in [5, 5.41) is 0. The molecule has 76 valence electrons. The van der Waals surface area contributed by atoms with Gasteiger partial charge in [0.1, 0.15) is 0 Å². The van der Waals surface area contributed by atoms with Crippen LogP contribution in [0.5, 0.6) is 0 Å². The van der Waals surface area contributed by atoms with Crippen molar-refractivity contribution < 1.29 is 14.3 Å². The van der Waals surface area contributed by atoms with Gasteiger partial charge < -0.3 is 4.74 Å². The van der Waals surface area contributed by atoms with Gasteiger partial charge in [0.25, 0.3) is 0 Å². The molecular weight excluding hydrogens is 194 g/mol. The number of pyridine rings is 1. The van der Waals surface area contributed by atoms with E-state index in [-0.39, 0.29) is 5.78 Å². The molecule has 1 aromatic heterocycles. The standard InChI is InChI=1S/C11H9NO3/c1-8(13)10-5-9(6-12-7-10)3-4-11(14)15-2/h5-7H,1-2H3. The first-order valence-corrected chi connectivity index (χ1v) is 4.19. The van der Waals surface area contributed by atoms with Crippen molar-refractivity contribution in [1.29, 1.82) is 0 Å². The summed E-state index contributed by atoms with van der Waals surface area (Å²) in [6, 6.07) is 1.57. The predicted molar refractivity (Wildman–Crippen MR) is 53.1 cm³/mol. The summed E-state index contributed by atoms with van der Waals surface area (Å²) in [4.78, 5) is 25.6. The largest absolute Gasteiger partial charge is 0.459 e. The van der Waals surface area contributed by atoms with Gasteiger partial charge in [-0.3, -0.25) is 9.78 Å². The van der Waals surface area contributed by atoms with Crippen molar-refractivity contribution >= 4 is 11.8 Å². The van der Waals surface area contributed by atoms with Gasteiger partial charge >= 0.3 is 5.97 Å². The fraction of sp³-hybridized carbons (Fsp3) is 0.182. The molecule has 1 heterocycles. The molecule has 4 heteroatoms. The number of carbonyl (C=O) groups is 2. The fourth-order valence-electron chi connectivity index (χ4n) is 0.875. The molecule has 0 bridgehead atoms. The summed E-state index contributed by atoms with van der Waals surface area (Å²) in [6.45, 7) is 1.44. The first-order valence-electron chi connectivity index (χ1n) is 4.19. The van der Waals surface area contributed by atoms with E-state index in [4.69, 9.17) is 0 Å². The molecule has 0 aliphatic carbocycles. The second kappa shape index (κ2) is 4.91. The summed E-state index contributed by atoms with van der Waals surface area (Å²) in [7, 11) is 1.25. The van der Waals surface area contributed by atoms with Gasteiger partial charge in [0.05, 0.1) is 7.11 Å². The van der Waals surface area contributed by atoms with Crippen LogP contribution in [0.1, 0.15) is 22.8 Å². The summed E-state index contributed by atoms with van der Waals surface area (Å²) in [6.07, 6.45) is 2.92. The number of hydrogen-bond donors (Lipinski definition) is 0. The Morgan fingerprint density at radius 3 is 2.73 bits per heavy atom. The maximum atomic E-state index is 11.0. The van der Waals surface area contributed by atoms with Gasteiger partial charge in [-0.2, -0.15) is 0 Å². The van der Waals surface area contributed by atoms with E-state index in [0.29, 0.717) is 11.1 Å². The maximum absolute atomic E-state index is 11.0. The van der Waals surface area contributed by atoms with Gasteiger partial charge in [-0.25, -0.2) is 4.79 Å². The highest BCUT2D eigenvalue weighted by Crippen LogP contribution is 2.01. The SMILES string of the molecule is COC(=O)C#Cc1cncc(C(C)=O)c1. The summed E-state index contributed by atoms with van der Waals surface area (Å²) < 4.78 is 4.35. The molecule has 0 atom stereocenters. The van der Waals surface area contributed by atoms with Crippen LogP contribution in [-0.4, -0.2) is 23.8 Å². The summed E-state index contributed by atoms with van der Waals surface area (Å²) in [5.74, 6) is 4.09. The van der Waals surface area contributed by atoms with Crippen molar-refractivity contribution in [2.45, 2.75) is 6.92 Å². The monoisotopic (exact) mass is 203 g/mol. The van der Waals surface area contributed by atoms with Crippen molar-refractivity contribution in [2.75, 3.05) is 7.11 Å². The summed E-state index contributed by atoms with van der Waals surface area (Å²) in [5.41, 5.74) is 0.972. The number of ketones is 1. The van der Waals surface area contributed by atoms with Crippen LogP contribution in [0.15, 0.2) is 18.5 Å². The van der Waals surface area contributed by atoms with Crippen LogP contribution in [0.3, 0.4) is 0 Å². The van der Waals surface area contributed by atoms with Gasteiger partial charge in [0.2, 0.25) is 0 Å². The zero-order chi connectivity index (χ0) is 11.3. The number of hydrogen-bond acceptors (Lipinski definition) is 4. The minimum atomic E-state index is -0.622. The van der Waals surface area contributed by atoms with Crippen molar-refractivity contribution in [2.24, 2.45) is 0 Å². The van der Waals surface area contributed by atoms with Crippen molar-refractivity contribution in [3.8, 4) is 11.8 Å². The third-order valence-electron chi connectivity index (χ3n) is 1.64. The first-order chi connectivity index (χ1) is 7.13. The topological polar surface area (TPSA) is 56.3 Å². The van der Waals surface area contributed by atoms with Gasteiger partial charge in [0, 0.05) is 29.4 Å². The van der Waals surface area contributed by atoms with Gasteiger partial charge in [0.15, 0.2) is 5.78 Å². The Morgan fingerprint density at radius 2 is 2.13 bits per heavy atom. The first kappa shape index (κ1) is 10.9. The fourth-order valence-corrected chi connectivity index (χ4v) is 0.875. The third-order valence-corrected chi connectivity index (χ3v) is 1.64. The number of rotatable bonds is 1. The average Bonchev–Trinajstić information content (AvgIpc) is 2.26. The van der Waals surface area contributed by atoms with E-state index in [1.807, 2.05) is 0 Å². The Kier molecular flexibility index (Phi) is 3.58. The van der Waals surface area contributed by atoms with E-state index < -0.39 is 5.97 Å². The van der Waals surface area contributed by atoms with E-state index >= 15 is 0 Å². The Hall–Kier alpha value is -2.15. The second-order valence-corrected chi connectivity index (χ2v) is 2.76. The van der Waals surface area contributed by atoms with Crippen LogP contribution < -0.4 is 0 Å². The van der Waals surface area contributed by atoms with Crippen molar-refractivity contribution in [1.82, 2.24) is 4.98 Å². The van der Waals surface area contributed by atoms with E-state index in [1.165, 1.54) is 26.4 Å². The molecule has 0 amide bonds. The Balaban J connectivity index is 2.95. The van der Waals surface area contributed by atoms with Crippen LogP contribution in [-0.2, 0) is 9.53 Å². The number of carbonyl (C=O) groups excluding carboxylic acids is 2. The number of aromatic nitrogens is 1. The molecule has 0 unspecified atom stereocenters. The van der Waals surface area contributed by atoms with Gasteiger partial charge in [-0.15, -0.1) is 0 Å². The van der Waals surface area contributed by atoms with Crippen LogP contribution in [0.2, 0.25) is 0 Å². The lowest BCUT2D eigenvalue weighted by atomic mass is 10.1. The molecule has 4 nitrogen and oxygen atoms in total. The number of esters is 1. The van der Waals surface area contributed by atoms with Gasteiger partial charge in [-0.1, -0.05) is 5.92 Å². The molecule has 0 saturated heterocycles. The van der Waals surface area contributed by atoms with Crippen LogP contribution in [0, 0.1) is 11.8 Å². The molecule has 0 saturated carbocycles. The molecule has 0 aromatic carbocycles. The Bertz CT molecular complexity index is 454. The number of nitrogens with zero attached hydrogens (tertiary/aromatic N) is 1. The average molecular weight is 203 g/mol. The number of Topliss-reactive ketones (excluding diaryl/α,β-unsaturated/α-hetero) is 1. The number of ether oxygens (including phenoxy) is 1. The van der Waals surface area contributed by atoms with E-state index in [1.54, 1.807) is 6.07 Å². The highest BCUT2D eigenvalue weighted by Gasteiger charge is 1.99. The molecule has 15 heavy (non-hydrogen) atoms. The Labute approximate surface area is 87.3 Å². The lowest BCUT2D eigenvalue weighted by molar-refractivity contribution is -0.133. The quantitative estimate of drug-likeness (QED) is 0.385. The molecular formula is C11H9NO3. The maximum Gasteiger partial charge on any atom is 0.384 e. The third kappa shape index (κ3) is 3.24. The van der Waals surface area contributed by atoms with Crippen LogP contribution in [0.25, 0.3) is 0 Å². The predicted octanol–water partition coefficient (Wildman–Crippen LogP) is 0.809.